The Bertz CT molecular complexity index is 1340. The first-order valence-corrected chi connectivity index (χ1v) is 11.0. The monoisotopic (exact) mass is 456 g/mol. The van der Waals surface area contributed by atoms with Gasteiger partial charge in [0.15, 0.2) is 4.34 Å². The van der Waals surface area contributed by atoms with Crippen LogP contribution in [0.3, 0.4) is 0 Å². The van der Waals surface area contributed by atoms with Gasteiger partial charge in [-0.2, -0.15) is 0 Å². The van der Waals surface area contributed by atoms with Gasteiger partial charge in [0, 0.05) is 23.7 Å². The largest absolute Gasteiger partial charge is 0.325 e. The fourth-order valence-electron chi connectivity index (χ4n) is 2.77. The Morgan fingerprint density at radius 2 is 2.00 bits per heavy atom. The number of pyridine rings is 1. The lowest BCUT2D eigenvalue weighted by Crippen LogP contribution is -2.19. The number of benzene rings is 1. The first kappa shape index (κ1) is 20.9. The van der Waals surface area contributed by atoms with Crippen LogP contribution in [0.25, 0.3) is 5.65 Å². The van der Waals surface area contributed by atoms with Crippen LogP contribution in [0.15, 0.2) is 51.7 Å². The van der Waals surface area contributed by atoms with Crippen LogP contribution in [-0.2, 0) is 5.75 Å². The summed E-state index contributed by atoms with van der Waals surface area (Å²) in [6.07, 6.45) is 1.69. The van der Waals surface area contributed by atoms with Crippen molar-refractivity contribution in [1.82, 2.24) is 19.6 Å². The maximum atomic E-state index is 13.6. The number of carbonyl (C=O) groups is 1. The van der Waals surface area contributed by atoms with Gasteiger partial charge in [-0.15, -0.1) is 10.2 Å². The molecule has 4 rings (SSSR count). The predicted octanol–water partition coefficient (Wildman–Crippen LogP) is 4.24. The number of rotatable bonds is 5. The van der Waals surface area contributed by atoms with Crippen LogP contribution >= 0.6 is 23.1 Å². The maximum Gasteiger partial charge on any atom is 0.325 e. The highest BCUT2D eigenvalue weighted by atomic mass is 32.2. The summed E-state index contributed by atoms with van der Waals surface area (Å²) in [4.78, 5) is 28.9. The average Bonchev–Trinajstić information content (AvgIpc) is 3.17. The zero-order chi connectivity index (χ0) is 22.0. The second-order valence-corrected chi connectivity index (χ2v) is 8.88. The van der Waals surface area contributed by atoms with Gasteiger partial charge < -0.3 is 5.32 Å². The van der Waals surface area contributed by atoms with Crippen LogP contribution in [0, 0.1) is 19.7 Å². The van der Waals surface area contributed by atoms with Gasteiger partial charge in [0.2, 0.25) is 5.13 Å². The molecule has 11 heteroatoms. The third-order valence-electron chi connectivity index (χ3n) is 4.34. The summed E-state index contributed by atoms with van der Waals surface area (Å²) in [7, 11) is 0. The predicted molar refractivity (Wildman–Crippen MR) is 119 cm³/mol. The molecule has 0 aliphatic rings. The van der Waals surface area contributed by atoms with Crippen LogP contribution in [0.2, 0.25) is 0 Å². The van der Waals surface area contributed by atoms with Crippen molar-refractivity contribution >= 4 is 45.6 Å². The summed E-state index contributed by atoms with van der Waals surface area (Å²) in [6.45, 7) is 3.54. The van der Waals surface area contributed by atoms with E-state index in [9.17, 15) is 14.0 Å². The molecule has 4 aromatic rings. The average molecular weight is 457 g/mol. The highest BCUT2D eigenvalue weighted by molar-refractivity contribution is 8.00. The highest BCUT2D eigenvalue weighted by Gasteiger charge is 2.11. The maximum absolute atomic E-state index is 13.6. The number of aryl methyl sites for hydroxylation is 2. The Morgan fingerprint density at radius 3 is 2.81 bits per heavy atom. The van der Waals surface area contributed by atoms with Crippen LogP contribution < -0.4 is 16.2 Å². The van der Waals surface area contributed by atoms with E-state index in [1.54, 1.807) is 31.3 Å². The third-order valence-corrected chi connectivity index (χ3v) is 6.35. The third kappa shape index (κ3) is 4.89. The second kappa shape index (κ2) is 8.82. The van der Waals surface area contributed by atoms with E-state index in [-0.39, 0.29) is 5.56 Å². The number of urea groups is 1. The molecule has 0 radical (unpaired) electrons. The van der Waals surface area contributed by atoms with Crippen LogP contribution in [0.1, 0.15) is 16.8 Å². The summed E-state index contributed by atoms with van der Waals surface area (Å²) in [5, 5.41) is 13.4. The van der Waals surface area contributed by atoms with Gasteiger partial charge >= 0.3 is 6.03 Å². The Hall–Kier alpha value is -3.31. The minimum atomic E-state index is -0.546. The second-order valence-electron chi connectivity index (χ2n) is 6.68. The lowest BCUT2D eigenvalue weighted by molar-refractivity contribution is 0.262. The molecule has 8 nitrogen and oxygen atoms in total. The summed E-state index contributed by atoms with van der Waals surface area (Å²) >= 11 is 2.56. The summed E-state index contributed by atoms with van der Waals surface area (Å²) in [5.74, 6) is 0.0355. The summed E-state index contributed by atoms with van der Waals surface area (Å²) in [6, 6.07) is 9.10. The Kier molecular flexibility index (Phi) is 5.96. The van der Waals surface area contributed by atoms with Crippen molar-refractivity contribution < 1.29 is 9.18 Å². The molecule has 3 heterocycles. The molecule has 0 aliphatic heterocycles. The number of hydrogen-bond acceptors (Lipinski definition) is 7. The van der Waals surface area contributed by atoms with Crippen LogP contribution in [0.5, 0.6) is 0 Å². The fourth-order valence-corrected chi connectivity index (χ4v) is 4.41. The van der Waals surface area contributed by atoms with E-state index in [4.69, 9.17) is 0 Å². The molecule has 0 aliphatic carbocycles. The fraction of sp³-hybridized carbons (Fsp3) is 0.150. The Labute approximate surface area is 184 Å². The Balaban J connectivity index is 1.38. The summed E-state index contributed by atoms with van der Waals surface area (Å²) in [5.41, 5.74) is 2.85. The number of carbonyl (C=O) groups excluding carboxylic acids is 1. The molecule has 0 saturated heterocycles. The zero-order valence-electron chi connectivity index (χ0n) is 16.5. The van der Waals surface area contributed by atoms with E-state index in [2.05, 4.69) is 25.8 Å². The van der Waals surface area contributed by atoms with E-state index in [0.717, 1.165) is 5.56 Å². The standard InChI is InChI=1S/C20H17FN6O2S2/c1-11-5-6-13(8-15(11)21)23-18(29)24-19-25-26-20(31-19)30-10-14-9-16(28)27-7-3-4-12(2)17(27)22-14/h3-9H,10H2,1-2H3,(H2,23,24,25,29). The van der Waals surface area contributed by atoms with Crippen molar-refractivity contribution in [3.8, 4) is 0 Å². The van der Waals surface area contributed by atoms with Crippen molar-refractivity contribution in [1.29, 1.82) is 0 Å². The molecule has 0 unspecified atom stereocenters. The number of amides is 2. The van der Waals surface area contributed by atoms with Gasteiger partial charge in [-0.25, -0.2) is 14.2 Å². The number of halogens is 1. The van der Waals surface area contributed by atoms with Gasteiger partial charge in [0.25, 0.3) is 5.56 Å². The van der Waals surface area contributed by atoms with Crippen molar-refractivity contribution in [2.24, 2.45) is 0 Å². The van der Waals surface area contributed by atoms with Crippen molar-refractivity contribution in [3.05, 3.63) is 75.6 Å². The Morgan fingerprint density at radius 1 is 1.16 bits per heavy atom. The first-order valence-electron chi connectivity index (χ1n) is 9.17. The van der Waals surface area contributed by atoms with Gasteiger partial charge in [0.1, 0.15) is 11.5 Å². The summed E-state index contributed by atoms with van der Waals surface area (Å²) < 4.78 is 15.7. The molecule has 0 saturated carbocycles. The van der Waals surface area contributed by atoms with Gasteiger partial charge in [-0.05, 0) is 43.2 Å². The number of nitrogens with one attached hydrogen (secondary N) is 2. The van der Waals surface area contributed by atoms with Crippen molar-refractivity contribution in [2.45, 2.75) is 23.9 Å². The SMILES string of the molecule is Cc1ccc(NC(=O)Nc2nnc(SCc3cc(=O)n4cccc(C)c4n3)s2)cc1F. The van der Waals surface area contributed by atoms with Gasteiger partial charge in [-0.1, -0.05) is 35.2 Å². The molecular formula is C20H17FN6O2S2. The molecule has 0 bridgehead atoms. The van der Waals surface area contributed by atoms with Gasteiger partial charge in [-0.3, -0.25) is 14.5 Å². The van der Waals surface area contributed by atoms with Crippen LogP contribution in [0.4, 0.5) is 20.0 Å². The normalized spacial score (nSPS) is 10.9. The first-order chi connectivity index (χ1) is 14.9. The molecule has 2 amide bonds. The minimum Gasteiger partial charge on any atom is -0.308 e. The van der Waals surface area contributed by atoms with Gasteiger partial charge in [0.05, 0.1) is 5.69 Å². The molecular weight excluding hydrogens is 439 g/mol. The zero-order valence-corrected chi connectivity index (χ0v) is 18.2. The number of thioether (sulfide) groups is 1. The molecule has 31 heavy (non-hydrogen) atoms. The molecule has 1 aromatic carbocycles. The highest BCUT2D eigenvalue weighted by Crippen LogP contribution is 2.28. The molecule has 3 aromatic heterocycles. The molecule has 0 fully saturated rings. The van der Waals surface area contributed by atoms with E-state index in [1.807, 2.05) is 13.0 Å². The molecule has 0 spiro atoms. The molecule has 158 valence electrons. The number of fused-ring (bicyclic) bond motifs is 1. The number of anilines is 2. The molecule has 0 atom stereocenters. The van der Waals surface area contributed by atoms with Crippen molar-refractivity contribution in [3.63, 3.8) is 0 Å². The lowest BCUT2D eigenvalue weighted by atomic mass is 10.2. The lowest BCUT2D eigenvalue weighted by Gasteiger charge is -2.06. The minimum absolute atomic E-state index is 0.145. The van der Waals surface area contributed by atoms with E-state index >= 15 is 0 Å². The molecule has 2 N–H and O–H groups in total. The quantitative estimate of drug-likeness (QED) is 0.344. The van der Waals surface area contributed by atoms with E-state index in [1.165, 1.54) is 39.6 Å². The smallest absolute Gasteiger partial charge is 0.308 e. The van der Waals surface area contributed by atoms with Crippen LogP contribution in [-0.4, -0.2) is 25.6 Å². The number of hydrogen-bond donors (Lipinski definition) is 2. The topological polar surface area (TPSA) is 101 Å². The van der Waals surface area contributed by atoms with Crippen molar-refractivity contribution in [2.75, 3.05) is 10.6 Å². The number of aromatic nitrogens is 4. The van der Waals surface area contributed by atoms with E-state index in [0.29, 0.717) is 37.8 Å². The number of nitrogens with zero attached hydrogens (tertiary/aromatic N) is 4. The van der Waals surface area contributed by atoms with E-state index < -0.39 is 11.8 Å².